The third kappa shape index (κ3) is 6.25. The predicted octanol–water partition coefficient (Wildman–Crippen LogP) is 3.29. The van der Waals surface area contributed by atoms with E-state index in [-0.39, 0.29) is 48.4 Å². The minimum Gasteiger partial charge on any atom is -0.472 e. The van der Waals surface area contributed by atoms with Gasteiger partial charge in [-0.25, -0.2) is 9.78 Å². The molecule has 2 saturated heterocycles. The van der Waals surface area contributed by atoms with Gasteiger partial charge in [0, 0.05) is 37.5 Å². The number of aliphatic hydroxyl groups is 1. The molecule has 0 saturated carbocycles. The fourth-order valence-electron chi connectivity index (χ4n) is 5.03. The number of carbonyl (C=O) groups is 2. The van der Waals surface area contributed by atoms with Crippen molar-refractivity contribution < 1.29 is 32.3 Å². The first-order valence-electron chi connectivity index (χ1n) is 12.9. The van der Waals surface area contributed by atoms with E-state index < -0.39 is 36.1 Å². The number of β-amino-alcohol motifs (C(OH)–C–C–N with tert-alkyl or cyclic N) is 1. The first-order chi connectivity index (χ1) is 19.5. The van der Waals surface area contributed by atoms with Gasteiger partial charge in [-0.15, -0.1) is 5.10 Å². The van der Waals surface area contributed by atoms with Gasteiger partial charge in [-0.3, -0.25) is 10.2 Å². The molecule has 5 rings (SSSR count). The highest BCUT2D eigenvalue weighted by molar-refractivity contribution is 7.98. The molecule has 0 radical (unpaired) electrons. The summed E-state index contributed by atoms with van der Waals surface area (Å²) in [5.41, 5.74) is 7.00. The third-order valence-electron chi connectivity index (χ3n) is 7.26. The molecule has 3 atom stereocenters. The number of aromatic nitrogens is 3. The second-order valence-corrected chi connectivity index (χ2v) is 11.0. The van der Waals surface area contributed by atoms with E-state index in [4.69, 9.17) is 15.6 Å². The molecule has 4 N–H and O–H groups in total. The number of nitrogens with one attached hydrogen (secondary N) is 1. The first kappa shape index (κ1) is 28.7. The van der Waals surface area contributed by atoms with Crippen LogP contribution >= 0.6 is 11.8 Å². The quantitative estimate of drug-likeness (QED) is 0.224. The number of amides is 2. The minimum atomic E-state index is -4.57. The van der Waals surface area contributed by atoms with E-state index in [0.717, 1.165) is 22.0 Å². The summed E-state index contributed by atoms with van der Waals surface area (Å²) in [5, 5.41) is 21.7. The smallest absolute Gasteiger partial charge is 0.392 e. The lowest BCUT2D eigenvalue weighted by Crippen LogP contribution is -2.51. The van der Waals surface area contributed by atoms with Crippen molar-refractivity contribution in [2.24, 2.45) is 11.7 Å². The third-order valence-corrected chi connectivity index (χ3v) is 8.26. The highest BCUT2D eigenvalue weighted by Gasteiger charge is 2.50. The molecular formula is C26H28F3N7O4S. The van der Waals surface area contributed by atoms with Crippen LogP contribution in [0.25, 0.3) is 0 Å². The zero-order valence-corrected chi connectivity index (χ0v) is 22.6. The number of nitrogens with two attached hydrogens (primary N) is 1. The number of likely N-dealkylation sites (tertiary alicyclic amines) is 2. The number of hydrogen-bond donors (Lipinski definition) is 3. The van der Waals surface area contributed by atoms with Gasteiger partial charge in [0.05, 0.1) is 29.8 Å². The zero-order chi connectivity index (χ0) is 29.3. The number of urea groups is 1. The van der Waals surface area contributed by atoms with Crippen molar-refractivity contribution in [3.63, 3.8) is 0 Å². The number of rotatable bonds is 6. The summed E-state index contributed by atoms with van der Waals surface area (Å²) >= 11 is 1.12. The van der Waals surface area contributed by atoms with Crippen molar-refractivity contribution in [3.8, 4) is 0 Å². The summed E-state index contributed by atoms with van der Waals surface area (Å²) in [6, 6.07) is 7.83. The Hall–Kier alpha value is -3.85. The monoisotopic (exact) mass is 591 g/mol. The number of thioether (sulfide) groups is 1. The molecule has 0 aliphatic carbocycles. The number of amidine groups is 1. The van der Waals surface area contributed by atoms with Gasteiger partial charge >= 0.3 is 12.2 Å². The largest absolute Gasteiger partial charge is 0.472 e. The van der Waals surface area contributed by atoms with Crippen LogP contribution in [-0.4, -0.2) is 85.9 Å². The van der Waals surface area contributed by atoms with E-state index in [1.54, 1.807) is 24.3 Å². The number of aliphatic hydroxyl groups excluding tert-OH is 1. The molecule has 2 aliphatic heterocycles. The minimum absolute atomic E-state index is 0.0839. The normalized spacial score (nSPS) is 21.3. The highest BCUT2D eigenvalue weighted by Crippen LogP contribution is 2.43. The van der Waals surface area contributed by atoms with Crippen molar-refractivity contribution >= 4 is 29.5 Å². The standard InChI is InChI=1S/C26H28F3N7O4S/c27-26(28,29)20-6-9-35(25(39)34-8-5-18(37)11-34)12-19(20)22-32-24(36(33-22)23(38)17-7-10-40-13-17)41-14-15-1-3-16(4-2-15)21(30)31/h1-4,7,10,13,18-20,37H,5-6,8-9,11-12,14H2,(H3,30,31). The van der Waals surface area contributed by atoms with E-state index in [0.29, 0.717) is 24.3 Å². The van der Waals surface area contributed by atoms with E-state index >= 15 is 0 Å². The lowest BCUT2D eigenvalue weighted by atomic mass is 9.84. The number of carbonyl (C=O) groups excluding carboxylic acids is 2. The fourth-order valence-corrected chi connectivity index (χ4v) is 5.92. The fraction of sp³-hybridized carbons (Fsp3) is 0.423. The van der Waals surface area contributed by atoms with Crippen molar-refractivity contribution in [1.82, 2.24) is 24.6 Å². The number of benzene rings is 1. The van der Waals surface area contributed by atoms with Crippen LogP contribution in [0, 0.1) is 11.3 Å². The second kappa shape index (κ2) is 11.6. The number of hydrogen-bond acceptors (Lipinski definition) is 8. The van der Waals surface area contributed by atoms with Crippen LogP contribution in [0.2, 0.25) is 0 Å². The molecule has 3 unspecified atom stereocenters. The van der Waals surface area contributed by atoms with Crippen LogP contribution in [0.5, 0.6) is 0 Å². The van der Waals surface area contributed by atoms with E-state index in [1.165, 1.54) is 28.4 Å². The van der Waals surface area contributed by atoms with Gasteiger partial charge in [-0.05, 0) is 24.5 Å². The average Bonchev–Trinajstić information content (AvgIpc) is 3.72. The zero-order valence-electron chi connectivity index (χ0n) is 21.8. The van der Waals surface area contributed by atoms with Gasteiger partial charge in [0.15, 0.2) is 11.0 Å². The van der Waals surface area contributed by atoms with Crippen molar-refractivity contribution in [2.45, 2.75) is 41.9 Å². The van der Waals surface area contributed by atoms with Crippen LogP contribution in [0.3, 0.4) is 0 Å². The molecule has 4 heterocycles. The maximum Gasteiger partial charge on any atom is 0.392 e. The number of nitrogens with zero attached hydrogens (tertiary/aromatic N) is 5. The number of nitrogen functional groups attached to an aromatic ring is 1. The molecule has 3 aromatic rings. The Balaban J connectivity index is 1.45. The highest BCUT2D eigenvalue weighted by atomic mass is 32.2. The van der Waals surface area contributed by atoms with Crippen LogP contribution in [0.1, 0.15) is 46.1 Å². The Morgan fingerprint density at radius 1 is 1.10 bits per heavy atom. The topological polar surface area (TPSA) is 155 Å². The molecule has 11 nitrogen and oxygen atoms in total. The summed E-state index contributed by atoms with van der Waals surface area (Å²) in [7, 11) is 0. The van der Waals surface area contributed by atoms with Crippen LogP contribution in [0.15, 0.2) is 52.4 Å². The molecule has 2 aromatic heterocycles. The summed E-state index contributed by atoms with van der Waals surface area (Å²) in [6.07, 6.45) is -2.65. The molecule has 2 amide bonds. The molecule has 41 heavy (non-hydrogen) atoms. The van der Waals surface area contributed by atoms with Gasteiger partial charge in [-0.2, -0.15) is 17.9 Å². The maximum absolute atomic E-state index is 14.2. The van der Waals surface area contributed by atoms with Gasteiger partial charge < -0.3 is 25.1 Å². The number of piperidine rings is 1. The van der Waals surface area contributed by atoms with Gasteiger partial charge in [-0.1, -0.05) is 36.0 Å². The molecular weight excluding hydrogens is 563 g/mol. The van der Waals surface area contributed by atoms with Crippen molar-refractivity contribution in [2.75, 3.05) is 26.2 Å². The molecule has 218 valence electrons. The summed E-state index contributed by atoms with van der Waals surface area (Å²) < 4.78 is 48.5. The lowest BCUT2D eigenvalue weighted by Gasteiger charge is -2.39. The summed E-state index contributed by atoms with van der Waals surface area (Å²) in [5.74, 6) is -3.69. The Morgan fingerprint density at radius 3 is 2.41 bits per heavy atom. The Bertz CT molecular complexity index is 1410. The van der Waals surface area contributed by atoms with E-state index in [9.17, 15) is 27.9 Å². The molecule has 2 fully saturated rings. The molecule has 2 aliphatic rings. The lowest BCUT2D eigenvalue weighted by molar-refractivity contribution is -0.190. The average molecular weight is 592 g/mol. The van der Waals surface area contributed by atoms with Gasteiger partial charge in [0.2, 0.25) is 0 Å². The molecule has 0 bridgehead atoms. The number of alkyl halides is 3. The van der Waals surface area contributed by atoms with Gasteiger partial charge in [0.1, 0.15) is 12.1 Å². The summed E-state index contributed by atoms with van der Waals surface area (Å²) in [4.78, 5) is 33.5. The first-order valence-corrected chi connectivity index (χ1v) is 13.9. The van der Waals surface area contributed by atoms with Crippen molar-refractivity contribution in [3.05, 3.63) is 65.4 Å². The molecule has 0 spiro atoms. The molecule has 15 heteroatoms. The van der Waals surface area contributed by atoms with E-state index in [2.05, 4.69) is 10.1 Å². The maximum atomic E-state index is 14.2. The molecule has 1 aromatic carbocycles. The predicted molar refractivity (Wildman–Crippen MR) is 142 cm³/mol. The van der Waals surface area contributed by atoms with Crippen LogP contribution in [-0.2, 0) is 5.75 Å². The number of furan rings is 1. The SMILES string of the molecule is N=C(N)c1ccc(CSc2nc(C3CN(C(=O)N4CCC(O)C4)CCC3C(F)(F)F)nn2C(=O)c2ccoc2)cc1. The Morgan fingerprint density at radius 2 is 1.80 bits per heavy atom. The number of halogens is 3. The van der Waals surface area contributed by atoms with Crippen LogP contribution < -0.4 is 5.73 Å². The summed E-state index contributed by atoms with van der Waals surface area (Å²) in [6.45, 7) is 0.0713. The van der Waals surface area contributed by atoms with Gasteiger partial charge in [0.25, 0.3) is 5.91 Å². The second-order valence-electron chi connectivity index (χ2n) is 10.0. The van der Waals surface area contributed by atoms with Crippen LogP contribution in [0.4, 0.5) is 18.0 Å². The Kier molecular flexibility index (Phi) is 8.09. The van der Waals surface area contributed by atoms with E-state index in [1.807, 2.05) is 0 Å². The van der Waals surface area contributed by atoms with Crippen molar-refractivity contribution in [1.29, 1.82) is 5.41 Å². The Labute approximate surface area is 237 Å².